The van der Waals surface area contributed by atoms with E-state index in [1.807, 2.05) is 6.07 Å². The molecule has 4 rings (SSSR count). The van der Waals surface area contributed by atoms with Crippen LogP contribution in [0.3, 0.4) is 0 Å². The second kappa shape index (κ2) is 8.26. The summed E-state index contributed by atoms with van der Waals surface area (Å²) in [6, 6.07) is 6.23. The summed E-state index contributed by atoms with van der Waals surface area (Å²) in [5.41, 5.74) is 2.46. The number of aromatic nitrogens is 1. The number of hydrogen-bond donors (Lipinski definition) is 0. The van der Waals surface area contributed by atoms with Crippen LogP contribution in [0.4, 0.5) is 0 Å². The fourth-order valence-corrected chi connectivity index (χ4v) is 6.17. The van der Waals surface area contributed by atoms with Crippen LogP contribution in [0.1, 0.15) is 18.9 Å². The van der Waals surface area contributed by atoms with Crippen LogP contribution in [0.25, 0.3) is 10.9 Å². The smallest absolute Gasteiger partial charge is 0.214 e. The predicted octanol–water partition coefficient (Wildman–Crippen LogP) is 2.06. The summed E-state index contributed by atoms with van der Waals surface area (Å²) in [6.45, 7) is 5.88. The quantitative estimate of drug-likeness (QED) is 0.740. The second-order valence-corrected chi connectivity index (χ2v) is 10.3. The molecule has 7 nitrogen and oxygen atoms in total. The summed E-state index contributed by atoms with van der Waals surface area (Å²) in [7, 11) is 0.551. The molecular formula is C21H31N3O4S. The maximum Gasteiger partial charge on any atom is 0.214 e. The largest absolute Gasteiger partial charge is 0.497 e. The van der Waals surface area contributed by atoms with Gasteiger partial charge in [0.2, 0.25) is 10.0 Å². The number of rotatable bonds is 5. The van der Waals surface area contributed by atoms with Gasteiger partial charge in [0.05, 0.1) is 26.1 Å². The summed E-state index contributed by atoms with van der Waals surface area (Å²) in [5, 5.41) is 1.21. The highest BCUT2D eigenvalue weighted by molar-refractivity contribution is 7.89. The molecule has 0 bridgehead atoms. The van der Waals surface area contributed by atoms with Crippen LogP contribution >= 0.6 is 0 Å². The third-order valence-electron chi connectivity index (χ3n) is 6.33. The fraction of sp³-hybridized carbons (Fsp3) is 0.619. The van der Waals surface area contributed by atoms with Crippen LogP contribution in [0.15, 0.2) is 24.4 Å². The van der Waals surface area contributed by atoms with Crippen molar-refractivity contribution in [3.05, 3.63) is 30.0 Å². The molecule has 160 valence electrons. The molecule has 2 aliphatic heterocycles. The number of fused-ring (bicyclic) bond motifs is 2. The van der Waals surface area contributed by atoms with E-state index < -0.39 is 10.0 Å². The Morgan fingerprint density at radius 3 is 2.86 bits per heavy atom. The van der Waals surface area contributed by atoms with Gasteiger partial charge in [-0.1, -0.05) is 0 Å². The number of likely N-dealkylation sites (tertiary alicyclic amines) is 1. The van der Waals surface area contributed by atoms with Crippen LogP contribution in [-0.4, -0.2) is 73.9 Å². The molecule has 0 spiro atoms. The Kier molecular flexibility index (Phi) is 5.88. The highest BCUT2D eigenvalue weighted by Gasteiger charge is 2.39. The van der Waals surface area contributed by atoms with Crippen molar-refractivity contribution in [1.29, 1.82) is 0 Å². The number of sulfonamides is 1. The van der Waals surface area contributed by atoms with Crippen molar-refractivity contribution in [1.82, 2.24) is 13.8 Å². The lowest BCUT2D eigenvalue weighted by molar-refractivity contribution is 0.0614. The van der Waals surface area contributed by atoms with Crippen molar-refractivity contribution in [2.24, 2.45) is 13.0 Å². The molecule has 0 saturated carbocycles. The summed E-state index contributed by atoms with van der Waals surface area (Å²) in [5.74, 6) is 1.22. The number of nitrogens with zero attached hydrogens (tertiary/aromatic N) is 3. The van der Waals surface area contributed by atoms with E-state index in [0.29, 0.717) is 19.8 Å². The van der Waals surface area contributed by atoms with Gasteiger partial charge in [-0.2, -0.15) is 4.31 Å². The van der Waals surface area contributed by atoms with Crippen LogP contribution in [0.5, 0.6) is 5.75 Å². The van der Waals surface area contributed by atoms with E-state index in [1.165, 1.54) is 16.5 Å². The monoisotopic (exact) mass is 421 g/mol. The van der Waals surface area contributed by atoms with Crippen molar-refractivity contribution in [2.45, 2.75) is 25.9 Å². The Morgan fingerprint density at radius 1 is 1.28 bits per heavy atom. The summed E-state index contributed by atoms with van der Waals surface area (Å²) < 4.78 is 40.2. The Hall–Kier alpha value is -1.61. The SMILES string of the molecule is CCS(=O)(=O)N1CCOC[C@H]2CN(Cc3cn(C)c4ccc(OC)cc34)CC[C@H]21. The molecular weight excluding hydrogens is 390 g/mol. The first kappa shape index (κ1) is 20.7. The van der Waals surface area contributed by atoms with Crippen LogP contribution in [-0.2, 0) is 28.4 Å². The van der Waals surface area contributed by atoms with E-state index in [-0.39, 0.29) is 17.7 Å². The molecule has 0 N–H and O–H groups in total. The number of benzene rings is 1. The molecule has 8 heteroatoms. The Bertz CT molecular complexity index is 972. The van der Waals surface area contributed by atoms with Crippen molar-refractivity contribution >= 4 is 20.9 Å². The molecule has 3 heterocycles. The molecule has 1 aromatic carbocycles. The molecule has 2 aliphatic rings. The zero-order valence-electron chi connectivity index (χ0n) is 17.5. The number of methoxy groups -OCH3 is 1. The van der Waals surface area contributed by atoms with Gasteiger partial charge in [-0.25, -0.2) is 8.42 Å². The van der Waals surface area contributed by atoms with Crippen LogP contribution in [0.2, 0.25) is 0 Å². The van der Waals surface area contributed by atoms with E-state index in [2.05, 4.69) is 34.8 Å². The first-order valence-electron chi connectivity index (χ1n) is 10.3. The topological polar surface area (TPSA) is 64.0 Å². The molecule has 2 fully saturated rings. The molecule has 29 heavy (non-hydrogen) atoms. The predicted molar refractivity (Wildman–Crippen MR) is 114 cm³/mol. The summed E-state index contributed by atoms with van der Waals surface area (Å²) in [6.07, 6.45) is 3.04. The molecule has 0 radical (unpaired) electrons. The average molecular weight is 422 g/mol. The van der Waals surface area contributed by atoms with Gasteiger partial charge in [0, 0.05) is 62.3 Å². The third kappa shape index (κ3) is 4.03. The van der Waals surface area contributed by atoms with Gasteiger partial charge in [0.15, 0.2) is 0 Å². The minimum Gasteiger partial charge on any atom is -0.497 e. The van der Waals surface area contributed by atoms with Gasteiger partial charge in [-0.15, -0.1) is 0 Å². The Balaban J connectivity index is 1.54. The van der Waals surface area contributed by atoms with E-state index in [4.69, 9.17) is 9.47 Å². The van der Waals surface area contributed by atoms with Gasteiger partial charge in [-0.3, -0.25) is 4.90 Å². The number of piperidine rings is 1. The van der Waals surface area contributed by atoms with Crippen molar-refractivity contribution in [3.8, 4) is 5.75 Å². The Morgan fingerprint density at radius 2 is 2.10 bits per heavy atom. The zero-order chi connectivity index (χ0) is 20.6. The third-order valence-corrected chi connectivity index (χ3v) is 8.23. The number of ether oxygens (including phenoxy) is 2. The second-order valence-electron chi connectivity index (χ2n) is 8.09. The van der Waals surface area contributed by atoms with E-state index in [0.717, 1.165) is 31.8 Å². The summed E-state index contributed by atoms with van der Waals surface area (Å²) in [4.78, 5) is 2.43. The fourth-order valence-electron chi connectivity index (χ4n) is 4.79. The highest BCUT2D eigenvalue weighted by Crippen LogP contribution is 2.31. The van der Waals surface area contributed by atoms with Crippen molar-refractivity contribution in [3.63, 3.8) is 0 Å². The summed E-state index contributed by atoms with van der Waals surface area (Å²) >= 11 is 0. The number of hydrogen-bond acceptors (Lipinski definition) is 5. The molecule has 2 atom stereocenters. The van der Waals surface area contributed by atoms with Gasteiger partial charge in [-0.05, 0) is 37.1 Å². The first-order chi connectivity index (χ1) is 13.9. The first-order valence-corrected chi connectivity index (χ1v) is 12.0. The molecule has 0 amide bonds. The zero-order valence-corrected chi connectivity index (χ0v) is 18.3. The number of aryl methyl sites for hydroxylation is 1. The lowest BCUT2D eigenvalue weighted by Gasteiger charge is -2.41. The van der Waals surface area contributed by atoms with E-state index in [1.54, 1.807) is 18.3 Å². The van der Waals surface area contributed by atoms with Crippen LogP contribution in [0, 0.1) is 5.92 Å². The highest BCUT2D eigenvalue weighted by atomic mass is 32.2. The maximum atomic E-state index is 12.6. The molecule has 1 aromatic heterocycles. The maximum absolute atomic E-state index is 12.6. The molecule has 0 aliphatic carbocycles. The van der Waals surface area contributed by atoms with Crippen LogP contribution < -0.4 is 4.74 Å². The standard InChI is InChI=1S/C21H31N3O4S/c1-4-29(25,26)24-9-10-28-15-17-14-23(8-7-20(17)24)13-16-12-22(2)21-6-5-18(27-3)11-19(16)21/h5-6,11-12,17,20H,4,7-10,13-15H2,1-3H3/t17-,20-/m1/s1. The molecule has 2 aromatic rings. The average Bonchev–Trinajstić information content (AvgIpc) is 2.89. The van der Waals surface area contributed by atoms with E-state index >= 15 is 0 Å². The van der Waals surface area contributed by atoms with Gasteiger partial charge < -0.3 is 14.0 Å². The molecule has 2 saturated heterocycles. The lowest BCUT2D eigenvalue weighted by atomic mass is 9.92. The normalized spacial score (nSPS) is 24.4. The van der Waals surface area contributed by atoms with Crippen molar-refractivity contribution in [2.75, 3.05) is 45.7 Å². The van der Waals surface area contributed by atoms with Gasteiger partial charge in [0.25, 0.3) is 0 Å². The molecule has 0 unspecified atom stereocenters. The Labute approximate surface area is 173 Å². The minimum atomic E-state index is -3.21. The van der Waals surface area contributed by atoms with Crippen molar-refractivity contribution < 1.29 is 17.9 Å². The van der Waals surface area contributed by atoms with E-state index in [9.17, 15) is 8.42 Å². The minimum absolute atomic E-state index is 0.0475. The lowest BCUT2D eigenvalue weighted by Crippen LogP contribution is -2.53. The van der Waals surface area contributed by atoms with Gasteiger partial charge >= 0.3 is 0 Å². The van der Waals surface area contributed by atoms with Gasteiger partial charge in [0.1, 0.15) is 5.75 Å².